The SMILES string of the molecule is OC1(Cc2ccn(C3CCCCC3)n2)CCNCC1. The summed E-state index contributed by atoms with van der Waals surface area (Å²) in [7, 11) is 0. The third-order valence-electron chi connectivity index (χ3n) is 4.66. The highest BCUT2D eigenvalue weighted by Gasteiger charge is 2.30. The Morgan fingerprint density at radius 1 is 1.26 bits per heavy atom. The zero-order valence-corrected chi connectivity index (χ0v) is 11.6. The van der Waals surface area contributed by atoms with Crippen LogP contribution in [0, 0.1) is 0 Å². The van der Waals surface area contributed by atoms with Gasteiger partial charge in [0, 0.05) is 12.6 Å². The molecule has 2 N–H and O–H groups in total. The van der Waals surface area contributed by atoms with Gasteiger partial charge in [0.1, 0.15) is 0 Å². The lowest BCUT2D eigenvalue weighted by Gasteiger charge is -2.32. The third kappa shape index (κ3) is 3.18. The van der Waals surface area contributed by atoms with Crippen LogP contribution >= 0.6 is 0 Å². The van der Waals surface area contributed by atoms with Gasteiger partial charge in [-0.15, -0.1) is 0 Å². The molecule has 1 saturated heterocycles. The number of piperidine rings is 1. The van der Waals surface area contributed by atoms with Crippen molar-refractivity contribution in [2.75, 3.05) is 13.1 Å². The van der Waals surface area contributed by atoms with Crippen LogP contribution in [0.4, 0.5) is 0 Å². The van der Waals surface area contributed by atoms with Crippen LogP contribution in [0.1, 0.15) is 56.7 Å². The number of rotatable bonds is 3. The molecule has 0 amide bonds. The smallest absolute Gasteiger partial charge is 0.0727 e. The number of nitrogens with zero attached hydrogens (tertiary/aromatic N) is 2. The van der Waals surface area contributed by atoms with Gasteiger partial charge < -0.3 is 10.4 Å². The maximum Gasteiger partial charge on any atom is 0.0727 e. The van der Waals surface area contributed by atoms with Gasteiger partial charge in [-0.05, 0) is 44.8 Å². The molecule has 1 aromatic heterocycles. The van der Waals surface area contributed by atoms with Crippen LogP contribution in [-0.2, 0) is 6.42 Å². The van der Waals surface area contributed by atoms with Gasteiger partial charge in [-0.25, -0.2) is 0 Å². The molecule has 0 radical (unpaired) electrons. The molecule has 2 fully saturated rings. The van der Waals surface area contributed by atoms with Crippen LogP contribution in [0.2, 0.25) is 0 Å². The van der Waals surface area contributed by atoms with E-state index in [9.17, 15) is 5.11 Å². The fourth-order valence-electron chi connectivity index (χ4n) is 3.43. The Hall–Kier alpha value is -0.870. The molecule has 106 valence electrons. The second-order valence-electron chi connectivity index (χ2n) is 6.23. The van der Waals surface area contributed by atoms with Crippen LogP contribution in [0.3, 0.4) is 0 Å². The molecule has 2 aliphatic rings. The maximum atomic E-state index is 10.6. The van der Waals surface area contributed by atoms with Crippen molar-refractivity contribution in [2.24, 2.45) is 0 Å². The normalized spacial score (nSPS) is 24.5. The number of hydrogen-bond donors (Lipinski definition) is 2. The van der Waals surface area contributed by atoms with Crippen LogP contribution < -0.4 is 5.32 Å². The fourth-order valence-corrected chi connectivity index (χ4v) is 3.43. The predicted octanol–water partition coefficient (Wildman–Crippen LogP) is 2.05. The molecule has 0 unspecified atom stereocenters. The number of aromatic nitrogens is 2. The summed E-state index contributed by atoms with van der Waals surface area (Å²) in [5.74, 6) is 0. The summed E-state index contributed by atoms with van der Waals surface area (Å²) < 4.78 is 2.14. The van der Waals surface area contributed by atoms with E-state index >= 15 is 0 Å². The lowest BCUT2D eigenvalue weighted by atomic mass is 9.88. The van der Waals surface area contributed by atoms with Gasteiger partial charge >= 0.3 is 0 Å². The Kier molecular flexibility index (Phi) is 3.89. The first kappa shape index (κ1) is 13.1. The van der Waals surface area contributed by atoms with Gasteiger partial charge in [0.2, 0.25) is 0 Å². The Morgan fingerprint density at radius 2 is 2.00 bits per heavy atom. The van der Waals surface area contributed by atoms with Crippen molar-refractivity contribution in [2.45, 2.75) is 63.0 Å². The Labute approximate surface area is 115 Å². The quantitative estimate of drug-likeness (QED) is 0.877. The summed E-state index contributed by atoms with van der Waals surface area (Å²) in [6, 6.07) is 2.68. The molecule has 2 heterocycles. The van der Waals surface area contributed by atoms with E-state index in [1.54, 1.807) is 0 Å². The minimum atomic E-state index is -0.545. The van der Waals surface area contributed by atoms with Gasteiger partial charge in [-0.1, -0.05) is 19.3 Å². The van der Waals surface area contributed by atoms with E-state index in [4.69, 9.17) is 5.10 Å². The van der Waals surface area contributed by atoms with E-state index in [1.807, 2.05) is 0 Å². The topological polar surface area (TPSA) is 50.1 Å². The van der Waals surface area contributed by atoms with E-state index in [1.165, 1.54) is 32.1 Å². The molecule has 1 aliphatic heterocycles. The third-order valence-corrected chi connectivity index (χ3v) is 4.66. The number of nitrogens with one attached hydrogen (secondary N) is 1. The molecule has 0 atom stereocenters. The predicted molar refractivity (Wildman–Crippen MR) is 75.1 cm³/mol. The molecular weight excluding hydrogens is 238 g/mol. The number of aliphatic hydroxyl groups is 1. The first-order chi connectivity index (χ1) is 9.25. The lowest BCUT2D eigenvalue weighted by molar-refractivity contribution is 0.00984. The first-order valence-electron chi connectivity index (χ1n) is 7.72. The van der Waals surface area contributed by atoms with E-state index < -0.39 is 5.60 Å². The van der Waals surface area contributed by atoms with Crippen molar-refractivity contribution in [3.63, 3.8) is 0 Å². The molecule has 4 heteroatoms. The van der Waals surface area contributed by atoms with Gasteiger partial charge in [-0.3, -0.25) is 4.68 Å². The van der Waals surface area contributed by atoms with Gasteiger partial charge in [0.05, 0.1) is 17.3 Å². The summed E-state index contributed by atoms with van der Waals surface area (Å²) in [5.41, 5.74) is 0.506. The van der Waals surface area contributed by atoms with E-state index in [-0.39, 0.29) is 0 Å². The Balaban J connectivity index is 1.63. The minimum absolute atomic E-state index is 0.545. The monoisotopic (exact) mass is 263 g/mol. The summed E-state index contributed by atoms with van der Waals surface area (Å²) in [6.07, 6.45) is 11.0. The highest BCUT2D eigenvalue weighted by atomic mass is 16.3. The zero-order valence-electron chi connectivity index (χ0n) is 11.6. The second kappa shape index (κ2) is 5.63. The molecule has 3 rings (SSSR count). The van der Waals surface area contributed by atoms with Crippen LogP contribution in [0.15, 0.2) is 12.3 Å². The molecule has 19 heavy (non-hydrogen) atoms. The fraction of sp³-hybridized carbons (Fsp3) is 0.800. The average Bonchev–Trinajstić information content (AvgIpc) is 2.88. The average molecular weight is 263 g/mol. The highest BCUT2D eigenvalue weighted by Crippen LogP contribution is 2.28. The molecule has 4 nitrogen and oxygen atoms in total. The largest absolute Gasteiger partial charge is 0.389 e. The first-order valence-corrected chi connectivity index (χ1v) is 7.72. The van der Waals surface area contributed by atoms with E-state index in [0.717, 1.165) is 31.6 Å². The summed E-state index contributed by atoms with van der Waals surface area (Å²) >= 11 is 0. The Bertz CT molecular complexity index is 403. The van der Waals surface area contributed by atoms with Crippen molar-refractivity contribution in [1.29, 1.82) is 0 Å². The second-order valence-corrected chi connectivity index (χ2v) is 6.23. The lowest BCUT2D eigenvalue weighted by Crippen LogP contribution is -2.43. The summed E-state index contributed by atoms with van der Waals surface area (Å²) in [4.78, 5) is 0. The van der Waals surface area contributed by atoms with Crippen molar-refractivity contribution >= 4 is 0 Å². The van der Waals surface area contributed by atoms with Crippen molar-refractivity contribution in [3.05, 3.63) is 18.0 Å². The van der Waals surface area contributed by atoms with Crippen molar-refractivity contribution in [1.82, 2.24) is 15.1 Å². The van der Waals surface area contributed by atoms with Gasteiger partial charge in [0.25, 0.3) is 0 Å². The standard InChI is InChI=1S/C15H25N3O/c19-15(7-9-16-10-8-15)12-13-6-11-18(17-13)14-4-2-1-3-5-14/h6,11,14,16,19H,1-5,7-10,12H2. The van der Waals surface area contributed by atoms with Gasteiger partial charge in [-0.2, -0.15) is 5.10 Å². The van der Waals surface area contributed by atoms with Crippen molar-refractivity contribution in [3.8, 4) is 0 Å². The molecule has 0 aromatic carbocycles. The summed E-state index contributed by atoms with van der Waals surface area (Å²) in [6.45, 7) is 1.83. The Morgan fingerprint density at radius 3 is 2.74 bits per heavy atom. The van der Waals surface area contributed by atoms with Gasteiger partial charge in [0.15, 0.2) is 0 Å². The molecule has 0 spiro atoms. The van der Waals surface area contributed by atoms with Crippen LogP contribution in [0.5, 0.6) is 0 Å². The molecule has 1 aliphatic carbocycles. The van der Waals surface area contributed by atoms with Crippen LogP contribution in [0.25, 0.3) is 0 Å². The molecule has 1 aromatic rings. The zero-order chi connectivity index (χ0) is 13.1. The molecular formula is C15H25N3O. The van der Waals surface area contributed by atoms with E-state index in [0.29, 0.717) is 12.5 Å². The van der Waals surface area contributed by atoms with Crippen molar-refractivity contribution < 1.29 is 5.11 Å². The van der Waals surface area contributed by atoms with Crippen LogP contribution in [-0.4, -0.2) is 33.6 Å². The molecule has 1 saturated carbocycles. The number of hydrogen-bond acceptors (Lipinski definition) is 3. The van der Waals surface area contributed by atoms with E-state index in [2.05, 4.69) is 22.3 Å². The molecule has 0 bridgehead atoms. The summed E-state index contributed by atoms with van der Waals surface area (Å²) in [5, 5.41) is 18.6. The maximum absolute atomic E-state index is 10.6. The minimum Gasteiger partial charge on any atom is -0.389 e. The highest BCUT2D eigenvalue weighted by molar-refractivity contribution is 5.06.